The zero-order chi connectivity index (χ0) is 17.0. The van der Waals surface area contributed by atoms with Crippen molar-refractivity contribution < 1.29 is 15.0 Å². The fourth-order valence-electron chi connectivity index (χ4n) is 1.82. The maximum Gasteiger partial charge on any atom is 0.301 e. The number of phenols is 1. The molecule has 2 N–H and O–H groups in total. The number of hydrogen-bond donors (Lipinski definition) is 2. The van der Waals surface area contributed by atoms with Crippen molar-refractivity contribution in [3.8, 4) is 5.75 Å². The molecule has 2 aromatic rings. The second-order valence-corrected chi connectivity index (χ2v) is 4.58. The molecule has 0 heterocycles. The molecular weight excluding hydrogens is 304 g/mol. The van der Waals surface area contributed by atoms with Gasteiger partial charge in [0.05, 0.1) is 21.6 Å². The van der Waals surface area contributed by atoms with Gasteiger partial charge < -0.3 is 5.11 Å². The van der Waals surface area contributed by atoms with Gasteiger partial charge in [0.25, 0.3) is 5.69 Å². The van der Waals surface area contributed by atoms with Crippen molar-refractivity contribution in [2.45, 2.75) is 6.92 Å². The van der Waals surface area contributed by atoms with Gasteiger partial charge in [-0.3, -0.25) is 25.7 Å². The van der Waals surface area contributed by atoms with Crippen molar-refractivity contribution in [2.75, 3.05) is 5.43 Å². The van der Waals surface area contributed by atoms with Crippen molar-refractivity contribution in [3.63, 3.8) is 0 Å². The molecule has 2 rings (SSSR count). The molecule has 0 aromatic heterocycles. The minimum atomic E-state index is -0.728. The van der Waals surface area contributed by atoms with Crippen LogP contribution in [0.25, 0.3) is 0 Å². The Morgan fingerprint density at radius 3 is 2.48 bits per heavy atom. The number of benzene rings is 2. The predicted molar refractivity (Wildman–Crippen MR) is 83.7 cm³/mol. The largest absolute Gasteiger partial charge is 0.508 e. The predicted octanol–water partition coefficient (Wildman–Crippen LogP) is 3.04. The molecule has 0 aliphatic carbocycles. The first kappa shape index (κ1) is 15.9. The Morgan fingerprint density at radius 2 is 1.87 bits per heavy atom. The van der Waals surface area contributed by atoms with Crippen molar-refractivity contribution in [3.05, 3.63) is 68.3 Å². The minimum absolute atomic E-state index is 0.0279. The smallest absolute Gasteiger partial charge is 0.301 e. The van der Waals surface area contributed by atoms with Crippen molar-refractivity contribution in [1.29, 1.82) is 0 Å². The molecule has 23 heavy (non-hydrogen) atoms. The highest BCUT2D eigenvalue weighted by molar-refractivity contribution is 5.99. The highest BCUT2D eigenvalue weighted by Crippen LogP contribution is 2.29. The average Bonchev–Trinajstić information content (AvgIpc) is 2.52. The Balaban J connectivity index is 2.31. The van der Waals surface area contributed by atoms with Crippen LogP contribution < -0.4 is 5.43 Å². The number of anilines is 1. The van der Waals surface area contributed by atoms with Gasteiger partial charge in [0.1, 0.15) is 11.4 Å². The minimum Gasteiger partial charge on any atom is -0.508 e. The fourth-order valence-corrected chi connectivity index (χ4v) is 1.82. The van der Waals surface area contributed by atoms with Gasteiger partial charge in [-0.1, -0.05) is 12.1 Å². The highest BCUT2D eigenvalue weighted by atomic mass is 16.6. The lowest BCUT2D eigenvalue weighted by molar-refractivity contribution is -0.393. The van der Waals surface area contributed by atoms with E-state index in [1.165, 1.54) is 18.2 Å². The summed E-state index contributed by atoms with van der Waals surface area (Å²) in [5.41, 5.74) is 2.82. The first-order chi connectivity index (χ1) is 10.9. The van der Waals surface area contributed by atoms with Crippen LogP contribution in [-0.2, 0) is 0 Å². The highest BCUT2D eigenvalue weighted by Gasteiger charge is 2.19. The summed E-state index contributed by atoms with van der Waals surface area (Å²) in [5, 5.41) is 35.1. The molecule has 0 spiro atoms. The number of hydrazone groups is 1. The maximum absolute atomic E-state index is 11.0. The second kappa shape index (κ2) is 6.52. The molecule has 0 saturated carbocycles. The van der Waals surface area contributed by atoms with Crippen molar-refractivity contribution in [1.82, 2.24) is 0 Å². The number of aromatic hydroxyl groups is 1. The number of rotatable bonds is 5. The van der Waals surface area contributed by atoms with E-state index < -0.39 is 15.5 Å². The van der Waals surface area contributed by atoms with Gasteiger partial charge in [-0.05, 0) is 25.1 Å². The van der Waals surface area contributed by atoms with Gasteiger partial charge in [-0.2, -0.15) is 5.10 Å². The Kier molecular flexibility index (Phi) is 4.50. The zero-order valence-electron chi connectivity index (χ0n) is 12.0. The number of hydrogen-bond acceptors (Lipinski definition) is 7. The summed E-state index contributed by atoms with van der Waals surface area (Å²) in [6.07, 6.45) is 0. The number of non-ortho nitro benzene ring substituents is 1. The van der Waals surface area contributed by atoms with E-state index in [1.807, 2.05) is 0 Å². The van der Waals surface area contributed by atoms with Crippen LogP contribution in [0.15, 0.2) is 47.6 Å². The quantitative estimate of drug-likeness (QED) is 0.495. The van der Waals surface area contributed by atoms with Crippen molar-refractivity contribution in [2.24, 2.45) is 5.10 Å². The summed E-state index contributed by atoms with van der Waals surface area (Å²) in [5.74, 6) is 0.0679. The van der Waals surface area contributed by atoms with E-state index in [0.29, 0.717) is 11.3 Å². The summed E-state index contributed by atoms with van der Waals surface area (Å²) in [7, 11) is 0. The molecular formula is C14H12N4O5. The van der Waals surface area contributed by atoms with Crippen LogP contribution in [0.1, 0.15) is 12.5 Å². The molecule has 0 aliphatic rings. The third-order valence-electron chi connectivity index (χ3n) is 3.00. The normalized spacial score (nSPS) is 11.1. The van der Waals surface area contributed by atoms with E-state index in [4.69, 9.17) is 0 Å². The summed E-state index contributed by atoms with van der Waals surface area (Å²) >= 11 is 0. The van der Waals surface area contributed by atoms with Gasteiger partial charge in [-0.25, -0.2) is 0 Å². The summed E-state index contributed by atoms with van der Waals surface area (Å²) in [6.45, 7) is 1.65. The SMILES string of the molecule is C/C(=N/Nc1ccc([N+](=O)[O-])cc1[N+](=O)[O-])c1cccc(O)c1. The van der Waals surface area contributed by atoms with Gasteiger partial charge in [-0.15, -0.1) is 0 Å². The van der Waals surface area contributed by atoms with E-state index in [9.17, 15) is 25.3 Å². The van der Waals surface area contributed by atoms with E-state index in [-0.39, 0.29) is 17.1 Å². The first-order valence-corrected chi connectivity index (χ1v) is 6.41. The van der Waals surface area contributed by atoms with Crippen LogP contribution in [0.3, 0.4) is 0 Å². The molecule has 0 saturated heterocycles. The van der Waals surface area contributed by atoms with Crippen LogP contribution in [0.5, 0.6) is 5.75 Å². The van der Waals surface area contributed by atoms with Crippen LogP contribution in [0, 0.1) is 20.2 Å². The molecule has 0 amide bonds. The number of nitro groups is 2. The van der Waals surface area contributed by atoms with Gasteiger partial charge in [0.15, 0.2) is 0 Å². The monoisotopic (exact) mass is 316 g/mol. The van der Waals surface area contributed by atoms with E-state index in [1.54, 1.807) is 19.1 Å². The molecule has 9 heteroatoms. The lowest BCUT2D eigenvalue weighted by Gasteiger charge is -2.05. The molecule has 0 bridgehead atoms. The van der Waals surface area contributed by atoms with Gasteiger partial charge in [0.2, 0.25) is 0 Å². The van der Waals surface area contributed by atoms with Crippen LogP contribution in [0.2, 0.25) is 0 Å². The first-order valence-electron chi connectivity index (χ1n) is 6.41. The summed E-state index contributed by atoms with van der Waals surface area (Å²) < 4.78 is 0. The standard InChI is InChI=1S/C14H12N4O5/c1-9(10-3-2-4-12(19)7-10)15-16-13-6-5-11(17(20)21)8-14(13)18(22)23/h2-8,16,19H,1H3/b15-9-. The van der Waals surface area contributed by atoms with E-state index >= 15 is 0 Å². The van der Waals surface area contributed by atoms with Gasteiger partial charge >= 0.3 is 5.69 Å². The summed E-state index contributed by atoms with van der Waals surface area (Å²) in [6, 6.07) is 9.57. The molecule has 0 fully saturated rings. The number of phenolic OH excluding ortho intramolecular Hbond substituents is 1. The average molecular weight is 316 g/mol. The molecule has 0 atom stereocenters. The van der Waals surface area contributed by atoms with E-state index in [2.05, 4.69) is 10.5 Å². The Morgan fingerprint density at radius 1 is 1.13 bits per heavy atom. The van der Waals surface area contributed by atoms with Gasteiger partial charge in [0, 0.05) is 11.6 Å². The summed E-state index contributed by atoms with van der Waals surface area (Å²) in [4.78, 5) is 20.3. The lowest BCUT2D eigenvalue weighted by atomic mass is 10.1. The molecule has 118 valence electrons. The fraction of sp³-hybridized carbons (Fsp3) is 0.0714. The Hall–Kier alpha value is -3.49. The van der Waals surface area contributed by atoms with E-state index in [0.717, 1.165) is 12.1 Å². The molecule has 2 aromatic carbocycles. The molecule has 0 aliphatic heterocycles. The number of nitro benzene ring substituents is 2. The Labute approximate surface area is 130 Å². The molecule has 0 radical (unpaired) electrons. The van der Waals surface area contributed by atoms with Crippen LogP contribution in [-0.4, -0.2) is 20.7 Å². The zero-order valence-corrected chi connectivity index (χ0v) is 12.0. The third-order valence-corrected chi connectivity index (χ3v) is 3.00. The third kappa shape index (κ3) is 3.79. The lowest BCUT2D eigenvalue weighted by Crippen LogP contribution is -2.02. The van der Waals surface area contributed by atoms with Crippen molar-refractivity contribution >= 4 is 22.8 Å². The number of nitrogens with zero attached hydrogens (tertiary/aromatic N) is 3. The Bertz CT molecular complexity index is 804. The number of nitrogens with one attached hydrogen (secondary N) is 1. The molecule has 9 nitrogen and oxygen atoms in total. The second-order valence-electron chi connectivity index (χ2n) is 4.58. The topological polar surface area (TPSA) is 131 Å². The van der Waals surface area contributed by atoms with Crippen LogP contribution >= 0.6 is 0 Å². The van der Waals surface area contributed by atoms with Crippen LogP contribution in [0.4, 0.5) is 17.1 Å². The molecule has 0 unspecified atom stereocenters. The maximum atomic E-state index is 11.0.